The van der Waals surface area contributed by atoms with Gasteiger partial charge in [0.05, 0.1) is 17.4 Å². The van der Waals surface area contributed by atoms with Crippen molar-refractivity contribution in [2.75, 3.05) is 24.3 Å². The average molecular weight is 502 g/mol. The van der Waals surface area contributed by atoms with Crippen molar-refractivity contribution in [2.45, 2.75) is 19.6 Å². The van der Waals surface area contributed by atoms with Gasteiger partial charge in [-0.15, -0.1) is 0 Å². The van der Waals surface area contributed by atoms with Crippen molar-refractivity contribution < 1.29 is 27.9 Å². The van der Waals surface area contributed by atoms with Crippen LogP contribution in [0.1, 0.15) is 5.69 Å². The highest BCUT2D eigenvalue weighted by atomic mass is 19.4. The summed E-state index contributed by atoms with van der Waals surface area (Å²) in [6.45, 7) is 2.03. The number of fused-ring (bicyclic) bond motifs is 1. The Kier molecular flexibility index (Phi) is 7.66. The molecule has 12 heteroatoms. The molecule has 190 valence electrons. The van der Waals surface area contributed by atoms with Gasteiger partial charge in [-0.3, -0.25) is 14.2 Å². The van der Waals surface area contributed by atoms with E-state index in [0.717, 1.165) is 33.4 Å². The van der Waals surface area contributed by atoms with E-state index in [0.29, 0.717) is 5.82 Å². The zero-order valence-corrected chi connectivity index (χ0v) is 20.0. The van der Waals surface area contributed by atoms with Gasteiger partial charge in [0, 0.05) is 38.3 Å². The molecule has 0 aliphatic heterocycles. The number of alkyl halides is 3. The molecule has 1 amide bonds. The van der Waals surface area contributed by atoms with Crippen LogP contribution in [0.5, 0.6) is 0 Å². The molecule has 0 fully saturated rings. The van der Waals surface area contributed by atoms with Gasteiger partial charge < -0.3 is 15.3 Å². The smallest absolute Gasteiger partial charge is 0.475 e. The zero-order valence-electron chi connectivity index (χ0n) is 20.0. The fraction of sp³-hybridized carbons (Fsp3) is 0.250. The monoisotopic (exact) mass is 502 g/mol. The number of carbonyl (C=O) groups excluding carboxylic acids is 1. The summed E-state index contributed by atoms with van der Waals surface area (Å²) in [5, 5.41) is 19.7. The maximum absolute atomic E-state index is 12.4. The molecule has 0 radical (unpaired) electrons. The Labute approximate surface area is 204 Å². The van der Waals surface area contributed by atoms with Gasteiger partial charge in [-0.25, -0.2) is 4.79 Å². The predicted molar refractivity (Wildman–Crippen MR) is 130 cm³/mol. The number of rotatable bonds is 5. The van der Waals surface area contributed by atoms with Crippen LogP contribution in [0.4, 0.5) is 24.7 Å². The van der Waals surface area contributed by atoms with Gasteiger partial charge in [0.2, 0.25) is 5.91 Å². The predicted octanol–water partition coefficient (Wildman–Crippen LogP) is 4.08. The molecule has 0 aliphatic carbocycles. The Morgan fingerprint density at radius 1 is 1.06 bits per heavy atom. The first-order valence-electron chi connectivity index (χ1n) is 10.7. The minimum absolute atomic E-state index is 0.138. The van der Waals surface area contributed by atoms with Gasteiger partial charge in [-0.1, -0.05) is 18.2 Å². The summed E-state index contributed by atoms with van der Waals surface area (Å²) >= 11 is 0. The number of aryl methyl sites for hydroxylation is 2. The molecule has 0 saturated heterocycles. The second-order valence-electron chi connectivity index (χ2n) is 8.16. The van der Waals surface area contributed by atoms with E-state index in [2.05, 4.69) is 56.8 Å². The van der Waals surface area contributed by atoms with E-state index in [-0.39, 0.29) is 12.5 Å². The van der Waals surface area contributed by atoms with E-state index in [4.69, 9.17) is 9.90 Å². The summed E-state index contributed by atoms with van der Waals surface area (Å²) in [6.07, 6.45) is -3.28. The number of aromatic nitrogens is 4. The summed E-state index contributed by atoms with van der Waals surface area (Å²) in [4.78, 5) is 23.4. The van der Waals surface area contributed by atoms with Crippen molar-refractivity contribution in [3.63, 3.8) is 0 Å². The molecule has 9 nitrogen and oxygen atoms in total. The zero-order chi connectivity index (χ0) is 26.6. The lowest BCUT2D eigenvalue weighted by atomic mass is 10.0. The number of carbonyl (C=O) groups is 2. The van der Waals surface area contributed by atoms with Gasteiger partial charge in [0.15, 0.2) is 0 Å². The Morgan fingerprint density at radius 2 is 1.67 bits per heavy atom. The molecule has 4 rings (SSSR count). The molecular weight excluding hydrogens is 477 g/mol. The number of carboxylic acid groups (broad SMARTS) is 1. The van der Waals surface area contributed by atoms with E-state index in [1.165, 1.54) is 0 Å². The molecule has 2 heterocycles. The van der Waals surface area contributed by atoms with Crippen LogP contribution in [0.25, 0.3) is 22.0 Å². The molecule has 36 heavy (non-hydrogen) atoms. The molecule has 4 aromatic rings. The number of anilines is 2. The van der Waals surface area contributed by atoms with Gasteiger partial charge in [0.1, 0.15) is 12.4 Å². The molecule has 0 bridgehead atoms. The summed E-state index contributed by atoms with van der Waals surface area (Å²) in [5.74, 6) is -2.22. The Morgan fingerprint density at radius 3 is 2.19 bits per heavy atom. The first-order valence-corrected chi connectivity index (χ1v) is 10.7. The molecular formula is C24H25F3N6O3. The molecule has 0 unspecified atom stereocenters. The lowest BCUT2D eigenvalue weighted by Crippen LogP contribution is -2.21. The molecule has 2 aromatic carbocycles. The van der Waals surface area contributed by atoms with Crippen LogP contribution in [0.3, 0.4) is 0 Å². The van der Waals surface area contributed by atoms with Crippen molar-refractivity contribution in [2.24, 2.45) is 7.05 Å². The number of halogens is 3. The summed E-state index contributed by atoms with van der Waals surface area (Å²) in [6, 6.07) is 16.5. The molecule has 0 spiro atoms. The van der Waals surface area contributed by atoms with E-state index in [9.17, 15) is 18.0 Å². The van der Waals surface area contributed by atoms with Crippen LogP contribution in [0.2, 0.25) is 0 Å². The number of amides is 1. The maximum atomic E-state index is 12.4. The molecule has 0 saturated carbocycles. The Balaban J connectivity index is 0.000000454. The van der Waals surface area contributed by atoms with E-state index in [1.807, 2.05) is 33.2 Å². The third-order valence-corrected chi connectivity index (χ3v) is 5.16. The third kappa shape index (κ3) is 6.40. The van der Waals surface area contributed by atoms with Crippen LogP contribution in [0, 0.1) is 6.92 Å². The van der Waals surface area contributed by atoms with Crippen molar-refractivity contribution in [1.82, 2.24) is 19.6 Å². The van der Waals surface area contributed by atoms with Crippen molar-refractivity contribution in [3.8, 4) is 11.1 Å². The molecule has 2 aromatic heterocycles. The normalized spacial score (nSPS) is 11.1. The van der Waals surface area contributed by atoms with E-state index in [1.54, 1.807) is 22.6 Å². The second-order valence-corrected chi connectivity index (χ2v) is 8.16. The summed E-state index contributed by atoms with van der Waals surface area (Å²) < 4.78 is 35.1. The standard InChI is InChI=1S/C22H24N6O.C2HF3O2/c1-15-11-21(27(4)25-15)24-22(29)14-28-20-10-7-17(12-18(20)13-23-28)16-5-8-19(9-6-16)26(2)3;3-2(4,5)1(6)7/h5-13H,14H2,1-4H3,(H,24,29);(H,6,7). The Hall–Kier alpha value is -4.35. The summed E-state index contributed by atoms with van der Waals surface area (Å²) in [5.41, 5.74) is 5.22. The molecule has 0 aliphatic rings. The number of benzene rings is 2. The minimum atomic E-state index is -5.08. The highest BCUT2D eigenvalue weighted by Gasteiger charge is 2.38. The fourth-order valence-electron chi connectivity index (χ4n) is 3.39. The van der Waals surface area contributed by atoms with Crippen molar-refractivity contribution in [3.05, 3.63) is 60.4 Å². The highest BCUT2D eigenvalue weighted by Crippen LogP contribution is 2.26. The lowest BCUT2D eigenvalue weighted by Gasteiger charge is -2.12. The van der Waals surface area contributed by atoms with Crippen LogP contribution >= 0.6 is 0 Å². The summed E-state index contributed by atoms with van der Waals surface area (Å²) in [7, 11) is 5.86. The third-order valence-electron chi connectivity index (χ3n) is 5.16. The van der Waals surface area contributed by atoms with Crippen molar-refractivity contribution >= 4 is 34.3 Å². The number of hydrogen-bond acceptors (Lipinski definition) is 5. The number of nitrogens with one attached hydrogen (secondary N) is 1. The SMILES string of the molecule is Cc1cc(NC(=O)Cn2ncc3cc(-c4ccc(N(C)C)cc4)ccc32)n(C)n1.O=C(O)C(F)(F)F. The molecule has 2 N–H and O–H groups in total. The first-order chi connectivity index (χ1) is 16.8. The van der Waals surface area contributed by atoms with Crippen LogP contribution in [-0.4, -0.2) is 56.8 Å². The Bertz CT molecular complexity index is 1370. The number of carboxylic acids is 1. The highest BCUT2D eigenvalue weighted by molar-refractivity contribution is 5.91. The first kappa shape index (κ1) is 26.3. The largest absolute Gasteiger partial charge is 0.490 e. The minimum Gasteiger partial charge on any atom is -0.475 e. The van der Waals surface area contributed by atoms with Crippen LogP contribution < -0.4 is 10.2 Å². The number of hydrogen-bond donors (Lipinski definition) is 2. The van der Waals surface area contributed by atoms with Gasteiger partial charge >= 0.3 is 12.1 Å². The van der Waals surface area contributed by atoms with Crippen LogP contribution in [-0.2, 0) is 23.2 Å². The topological polar surface area (TPSA) is 105 Å². The van der Waals surface area contributed by atoms with Crippen molar-refractivity contribution in [1.29, 1.82) is 0 Å². The fourth-order valence-corrected chi connectivity index (χ4v) is 3.39. The van der Waals surface area contributed by atoms with E-state index >= 15 is 0 Å². The van der Waals surface area contributed by atoms with Gasteiger partial charge in [0.25, 0.3) is 0 Å². The number of aliphatic carboxylic acids is 1. The molecule has 0 atom stereocenters. The maximum Gasteiger partial charge on any atom is 0.490 e. The van der Waals surface area contributed by atoms with Crippen LogP contribution in [0.15, 0.2) is 54.7 Å². The lowest BCUT2D eigenvalue weighted by molar-refractivity contribution is -0.192. The quantitative estimate of drug-likeness (QED) is 0.426. The second kappa shape index (κ2) is 10.5. The van der Waals surface area contributed by atoms with E-state index < -0.39 is 12.1 Å². The van der Waals surface area contributed by atoms with Gasteiger partial charge in [-0.2, -0.15) is 23.4 Å². The van der Waals surface area contributed by atoms with Gasteiger partial charge in [-0.05, 0) is 42.3 Å². The average Bonchev–Trinajstić information content (AvgIpc) is 3.34. The number of nitrogens with zero attached hydrogens (tertiary/aromatic N) is 5.